The van der Waals surface area contributed by atoms with Crippen LogP contribution in [-0.4, -0.2) is 23.3 Å². The molecular formula is C17H20ClNO2S. The molecule has 2 aromatic rings. The fraction of sp³-hybridized carbons (Fsp3) is 0.294. The van der Waals surface area contributed by atoms with E-state index in [1.165, 1.54) is 0 Å². The highest BCUT2D eigenvalue weighted by atomic mass is 35.5. The maximum absolute atomic E-state index is 11.6. The van der Waals surface area contributed by atoms with Crippen LogP contribution >= 0.6 is 11.6 Å². The minimum absolute atomic E-state index is 0.00742. The van der Waals surface area contributed by atoms with E-state index >= 15 is 0 Å². The van der Waals surface area contributed by atoms with Gasteiger partial charge >= 0.3 is 0 Å². The quantitative estimate of drug-likeness (QED) is 0.839. The predicted molar refractivity (Wildman–Crippen MR) is 93.0 cm³/mol. The number of ether oxygens (including phenoxy) is 1. The van der Waals surface area contributed by atoms with Crippen molar-refractivity contribution in [3.05, 3.63) is 64.7 Å². The minimum Gasteiger partial charge on any atom is -0.496 e. The molecule has 0 saturated heterocycles. The van der Waals surface area contributed by atoms with Gasteiger partial charge in [-0.25, -0.2) is 0 Å². The van der Waals surface area contributed by atoms with E-state index < -0.39 is 10.8 Å². The highest BCUT2D eigenvalue weighted by molar-refractivity contribution is 7.84. The van der Waals surface area contributed by atoms with Crippen LogP contribution in [0, 0.1) is 0 Å². The Hall–Kier alpha value is -1.36. The molecule has 0 amide bonds. The van der Waals surface area contributed by atoms with Gasteiger partial charge in [0.15, 0.2) is 0 Å². The van der Waals surface area contributed by atoms with Crippen molar-refractivity contribution in [3.8, 4) is 5.75 Å². The maximum Gasteiger partial charge on any atom is 0.124 e. The van der Waals surface area contributed by atoms with E-state index in [-0.39, 0.29) is 6.04 Å². The van der Waals surface area contributed by atoms with Crippen LogP contribution in [0.1, 0.15) is 17.2 Å². The number of nitrogens with one attached hydrogen (secondary N) is 1. The number of hydrogen-bond acceptors (Lipinski definition) is 3. The van der Waals surface area contributed by atoms with Gasteiger partial charge in [0, 0.05) is 46.0 Å². The van der Waals surface area contributed by atoms with E-state index in [0.29, 0.717) is 17.3 Å². The van der Waals surface area contributed by atoms with E-state index in [0.717, 1.165) is 16.9 Å². The summed E-state index contributed by atoms with van der Waals surface area (Å²) >= 11 is 6.26. The smallest absolute Gasteiger partial charge is 0.124 e. The third kappa shape index (κ3) is 4.57. The molecule has 2 aromatic carbocycles. The summed E-state index contributed by atoms with van der Waals surface area (Å²) in [6, 6.07) is 15.6. The zero-order chi connectivity index (χ0) is 15.9. The summed E-state index contributed by atoms with van der Waals surface area (Å²) < 4.78 is 17.0. The Morgan fingerprint density at radius 3 is 2.55 bits per heavy atom. The van der Waals surface area contributed by atoms with Crippen molar-refractivity contribution in [1.29, 1.82) is 0 Å². The summed E-state index contributed by atoms with van der Waals surface area (Å²) in [5, 5.41) is 4.10. The Bertz CT molecular complexity index is 634. The molecule has 1 N–H and O–H groups in total. The van der Waals surface area contributed by atoms with E-state index in [1.807, 2.05) is 48.5 Å². The topological polar surface area (TPSA) is 38.3 Å². The first kappa shape index (κ1) is 17.0. The molecule has 0 heterocycles. The Kier molecular flexibility index (Phi) is 6.43. The van der Waals surface area contributed by atoms with Gasteiger partial charge in [-0.05, 0) is 17.7 Å². The van der Waals surface area contributed by atoms with Crippen LogP contribution in [0.4, 0.5) is 0 Å². The molecule has 0 spiro atoms. The van der Waals surface area contributed by atoms with Gasteiger partial charge in [0.25, 0.3) is 0 Å². The standard InChI is InChI=1S/C17H20ClNO2S/c1-21-17-10-6-9-15(18)14(17)11-19-16(12-22(2)20)13-7-4-3-5-8-13/h3-10,16,19H,11-12H2,1-2H3/t16-,22-/m0/s1. The molecule has 0 bridgehead atoms. The molecule has 5 heteroatoms. The molecule has 3 nitrogen and oxygen atoms in total. The first-order valence-corrected chi connectivity index (χ1v) is 9.12. The van der Waals surface area contributed by atoms with Crippen molar-refractivity contribution in [2.75, 3.05) is 19.1 Å². The van der Waals surface area contributed by atoms with Gasteiger partial charge in [0.05, 0.1) is 7.11 Å². The molecule has 0 aliphatic carbocycles. The second-order valence-electron chi connectivity index (χ2n) is 5.00. The first-order chi connectivity index (χ1) is 10.6. The average Bonchev–Trinajstić information content (AvgIpc) is 2.52. The van der Waals surface area contributed by atoms with E-state index in [4.69, 9.17) is 16.3 Å². The van der Waals surface area contributed by atoms with Crippen molar-refractivity contribution in [3.63, 3.8) is 0 Å². The lowest BCUT2D eigenvalue weighted by atomic mass is 10.1. The van der Waals surface area contributed by atoms with Crippen molar-refractivity contribution < 1.29 is 8.95 Å². The molecule has 0 radical (unpaired) electrons. The normalized spacial score (nSPS) is 13.6. The van der Waals surface area contributed by atoms with Crippen LogP contribution in [0.5, 0.6) is 5.75 Å². The van der Waals surface area contributed by atoms with Crippen molar-refractivity contribution in [2.24, 2.45) is 0 Å². The molecule has 2 atom stereocenters. The Morgan fingerprint density at radius 2 is 1.91 bits per heavy atom. The third-order valence-electron chi connectivity index (χ3n) is 3.42. The number of methoxy groups -OCH3 is 1. The third-order valence-corrected chi connectivity index (χ3v) is 4.58. The summed E-state index contributed by atoms with van der Waals surface area (Å²) in [4.78, 5) is 0. The van der Waals surface area contributed by atoms with Crippen LogP contribution in [-0.2, 0) is 17.3 Å². The van der Waals surface area contributed by atoms with Crippen LogP contribution in [0.3, 0.4) is 0 Å². The molecule has 2 rings (SSSR count). The lowest BCUT2D eigenvalue weighted by molar-refractivity contribution is 0.406. The molecular weight excluding hydrogens is 318 g/mol. The molecule has 0 aromatic heterocycles. The van der Waals surface area contributed by atoms with E-state index in [9.17, 15) is 4.21 Å². The van der Waals surface area contributed by atoms with Gasteiger partial charge in [0.2, 0.25) is 0 Å². The highest BCUT2D eigenvalue weighted by Gasteiger charge is 2.15. The molecule has 0 aliphatic heterocycles. The van der Waals surface area contributed by atoms with Crippen molar-refractivity contribution in [2.45, 2.75) is 12.6 Å². The fourth-order valence-corrected chi connectivity index (χ4v) is 3.33. The van der Waals surface area contributed by atoms with Gasteiger partial charge < -0.3 is 10.1 Å². The SMILES string of the molecule is COc1cccc(Cl)c1CN[C@@H](C[S@](C)=O)c1ccccc1. The van der Waals surface area contributed by atoms with Gasteiger partial charge in [-0.1, -0.05) is 48.0 Å². The number of halogens is 1. The monoisotopic (exact) mass is 337 g/mol. The van der Waals surface area contributed by atoms with Gasteiger partial charge in [-0.15, -0.1) is 0 Å². The average molecular weight is 338 g/mol. The van der Waals surface area contributed by atoms with Gasteiger partial charge in [0.1, 0.15) is 5.75 Å². The molecule has 0 aliphatic rings. The zero-order valence-electron chi connectivity index (χ0n) is 12.7. The first-order valence-electron chi connectivity index (χ1n) is 7.01. The van der Waals surface area contributed by atoms with Gasteiger partial charge in [-0.3, -0.25) is 4.21 Å². The second kappa shape index (κ2) is 8.32. The Labute approximate surface area is 139 Å². The second-order valence-corrected chi connectivity index (χ2v) is 6.89. The lowest BCUT2D eigenvalue weighted by Crippen LogP contribution is -2.26. The molecule has 0 saturated carbocycles. The molecule has 0 unspecified atom stereocenters. The van der Waals surface area contributed by atoms with Crippen LogP contribution < -0.4 is 10.1 Å². The summed E-state index contributed by atoms with van der Waals surface area (Å²) in [5.74, 6) is 1.31. The summed E-state index contributed by atoms with van der Waals surface area (Å²) in [5.41, 5.74) is 2.03. The number of rotatable bonds is 7. The van der Waals surface area contributed by atoms with Crippen LogP contribution in [0.15, 0.2) is 48.5 Å². The fourth-order valence-electron chi connectivity index (χ4n) is 2.32. The van der Waals surface area contributed by atoms with Gasteiger partial charge in [-0.2, -0.15) is 0 Å². The number of benzene rings is 2. The zero-order valence-corrected chi connectivity index (χ0v) is 14.3. The summed E-state index contributed by atoms with van der Waals surface area (Å²) in [7, 11) is 0.737. The Balaban J connectivity index is 2.17. The van der Waals surface area contributed by atoms with Crippen molar-refractivity contribution >= 4 is 22.4 Å². The predicted octanol–water partition coefficient (Wildman–Crippen LogP) is 3.56. The highest BCUT2D eigenvalue weighted by Crippen LogP contribution is 2.27. The molecule has 118 valence electrons. The van der Waals surface area contributed by atoms with E-state index in [1.54, 1.807) is 13.4 Å². The largest absolute Gasteiger partial charge is 0.496 e. The van der Waals surface area contributed by atoms with Crippen LogP contribution in [0.25, 0.3) is 0 Å². The summed E-state index contributed by atoms with van der Waals surface area (Å²) in [6.07, 6.45) is 1.72. The van der Waals surface area contributed by atoms with Crippen LogP contribution in [0.2, 0.25) is 5.02 Å². The maximum atomic E-state index is 11.6. The van der Waals surface area contributed by atoms with Crippen molar-refractivity contribution in [1.82, 2.24) is 5.32 Å². The lowest BCUT2D eigenvalue weighted by Gasteiger charge is -2.19. The number of hydrogen-bond donors (Lipinski definition) is 1. The molecule has 0 fully saturated rings. The molecule has 22 heavy (non-hydrogen) atoms. The van der Waals surface area contributed by atoms with E-state index in [2.05, 4.69) is 5.32 Å². The summed E-state index contributed by atoms with van der Waals surface area (Å²) in [6.45, 7) is 0.555. The Morgan fingerprint density at radius 1 is 1.18 bits per heavy atom. The minimum atomic E-state index is -0.893.